The van der Waals surface area contributed by atoms with Crippen molar-refractivity contribution < 1.29 is 0 Å². The Labute approximate surface area is 189 Å². The molecule has 0 radical (unpaired) electrons. The summed E-state index contributed by atoms with van der Waals surface area (Å²) in [6.07, 6.45) is 11.1. The van der Waals surface area contributed by atoms with Gasteiger partial charge in [-0.2, -0.15) is 0 Å². The van der Waals surface area contributed by atoms with E-state index in [4.69, 9.17) is 4.98 Å². The molecule has 0 spiro atoms. The molecule has 1 aliphatic heterocycles. The molecule has 2 heteroatoms. The highest BCUT2D eigenvalue weighted by molar-refractivity contribution is 5.89. The van der Waals surface area contributed by atoms with Crippen molar-refractivity contribution >= 4 is 22.3 Å². The molecular formula is C30H26N2. The average molecular weight is 415 g/mol. The highest BCUT2D eigenvalue weighted by Crippen LogP contribution is 2.51. The van der Waals surface area contributed by atoms with E-state index >= 15 is 0 Å². The molecule has 2 heterocycles. The molecule has 0 fully saturated rings. The number of pyridine rings is 1. The van der Waals surface area contributed by atoms with Crippen molar-refractivity contribution in [2.24, 2.45) is 5.92 Å². The molecule has 1 aromatic heterocycles. The topological polar surface area (TPSA) is 16.1 Å². The third-order valence-corrected chi connectivity index (χ3v) is 7.16. The Kier molecular flexibility index (Phi) is 4.29. The molecule has 2 aliphatic rings. The minimum Gasteiger partial charge on any atom is -0.333 e. The van der Waals surface area contributed by atoms with E-state index in [1.165, 1.54) is 27.9 Å². The summed E-state index contributed by atoms with van der Waals surface area (Å²) < 4.78 is 0. The second-order valence-corrected chi connectivity index (χ2v) is 9.33. The van der Waals surface area contributed by atoms with E-state index in [1.54, 1.807) is 0 Å². The maximum absolute atomic E-state index is 4.75. The van der Waals surface area contributed by atoms with Crippen LogP contribution in [0.15, 0.2) is 109 Å². The van der Waals surface area contributed by atoms with Crippen LogP contribution in [0, 0.1) is 5.92 Å². The smallest absolute Gasteiger partial charge is 0.0702 e. The van der Waals surface area contributed by atoms with Gasteiger partial charge in [-0.1, -0.05) is 92.7 Å². The van der Waals surface area contributed by atoms with Gasteiger partial charge in [0.2, 0.25) is 0 Å². The Hall–Kier alpha value is -3.65. The summed E-state index contributed by atoms with van der Waals surface area (Å²) in [5, 5.41) is 1.17. The summed E-state index contributed by atoms with van der Waals surface area (Å²) in [5.41, 5.74) is 7.35. The number of benzene rings is 3. The largest absolute Gasteiger partial charge is 0.333 e. The maximum atomic E-state index is 4.75. The lowest BCUT2D eigenvalue weighted by molar-refractivity contribution is 0.332. The predicted molar refractivity (Wildman–Crippen MR) is 134 cm³/mol. The summed E-state index contributed by atoms with van der Waals surface area (Å²) in [7, 11) is 0. The number of rotatable bonds is 2. The molecule has 156 valence electrons. The number of nitrogens with zero attached hydrogens (tertiary/aromatic N) is 2. The van der Waals surface area contributed by atoms with Gasteiger partial charge in [-0.3, -0.25) is 4.98 Å². The quantitative estimate of drug-likeness (QED) is 0.339. The zero-order valence-corrected chi connectivity index (χ0v) is 18.4. The summed E-state index contributed by atoms with van der Waals surface area (Å²) in [5.74, 6) is 0.394. The SMILES string of the molecule is CC1(C)c2ccccc2N(c2ccccc2-c2cnc3ccccc3c2)C2C=CC=CC21. The first-order valence-corrected chi connectivity index (χ1v) is 11.3. The molecule has 2 nitrogen and oxygen atoms in total. The number of aromatic nitrogens is 1. The number of para-hydroxylation sites is 3. The average Bonchev–Trinajstić information content (AvgIpc) is 2.84. The molecule has 0 N–H and O–H groups in total. The van der Waals surface area contributed by atoms with E-state index in [0.717, 1.165) is 11.1 Å². The lowest BCUT2D eigenvalue weighted by Gasteiger charge is -2.51. The molecule has 1 aliphatic carbocycles. The van der Waals surface area contributed by atoms with Crippen molar-refractivity contribution in [3.8, 4) is 11.1 Å². The molecule has 0 bridgehead atoms. The molecule has 2 atom stereocenters. The molecule has 0 saturated heterocycles. The van der Waals surface area contributed by atoms with Crippen LogP contribution in [-0.2, 0) is 5.41 Å². The number of allylic oxidation sites excluding steroid dienone is 2. The first kappa shape index (κ1) is 19.1. The van der Waals surface area contributed by atoms with Crippen LogP contribution >= 0.6 is 0 Å². The fraction of sp³-hybridized carbons (Fsp3) is 0.167. The molecule has 3 aromatic carbocycles. The van der Waals surface area contributed by atoms with Crippen molar-refractivity contribution in [3.05, 3.63) is 115 Å². The molecular weight excluding hydrogens is 388 g/mol. The Balaban J connectivity index is 1.58. The Bertz CT molecular complexity index is 1380. The minimum atomic E-state index is 0.0540. The lowest BCUT2D eigenvalue weighted by Crippen LogP contribution is -2.49. The normalized spacial score (nSPS) is 20.8. The summed E-state index contributed by atoms with van der Waals surface area (Å²) in [4.78, 5) is 7.29. The van der Waals surface area contributed by atoms with E-state index in [9.17, 15) is 0 Å². The van der Waals surface area contributed by atoms with Crippen LogP contribution in [-0.4, -0.2) is 11.0 Å². The molecule has 32 heavy (non-hydrogen) atoms. The van der Waals surface area contributed by atoms with Crippen molar-refractivity contribution in [2.75, 3.05) is 4.90 Å². The third-order valence-electron chi connectivity index (χ3n) is 7.16. The van der Waals surface area contributed by atoms with E-state index in [2.05, 4.69) is 116 Å². The monoisotopic (exact) mass is 414 g/mol. The van der Waals surface area contributed by atoms with Gasteiger partial charge in [0.1, 0.15) is 0 Å². The number of fused-ring (bicyclic) bond motifs is 3. The van der Waals surface area contributed by atoms with Crippen LogP contribution in [0.4, 0.5) is 11.4 Å². The lowest BCUT2D eigenvalue weighted by atomic mass is 9.65. The summed E-state index contributed by atoms with van der Waals surface area (Å²) in [6.45, 7) is 4.76. The number of hydrogen-bond acceptors (Lipinski definition) is 2. The van der Waals surface area contributed by atoms with Crippen molar-refractivity contribution in [3.63, 3.8) is 0 Å². The van der Waals surface area contributed by atoms with Gasteiger partial charge in [-0.05, 0) is 29.8 Å². The van der Waals surface area contributed by atoms with Crippen LogP contribution in [0.1, 0.15) is 19.4 Å². The summed E-state index contributed by atoms with van der Waals surface area (Å²) >= 11 is 0. The second-order valence-electron chi connectivity index (χ2n) is 9.33. The Morgan fingerprint density at radius 2 is 1.50 bits per heavy atom. The van der Waals surface area contributed by atoms with E-state index in [1.807, 2.05) is 12.3 Å². The van der Waals surface area contributed by atoms with Crippen LogP contribution < -0.4 is 4.90 Å². The standard InChI is InChI=1S/C30H26N2/c1-30(2)24-13-5-9-17-28(24)32(29-18-10-6-14-25(29)30)27-16-8-4-12-23(27)22-19-21-11-3-7-15-26(21)31-20-22/h3-20,24,28H,1-2H3. The van der Waals surface area contributed by atoms with Crippen molar-refractivity contribution in [2.45, 2.75) is 25.3 Å². The van der Waals surface area contributed by atoms with Crippen LogP contribution in [0.5, 0.6) is 0 Å². The van der Waals surface area contributed by atoms with Crippen LogP contribution in [0.3, 0.4) is 0 Å². The molecule has 6 rings (SSSR count). The Morgan fingerprint density at radius 3 is 2.41 bits per heavy atom. The first-order valence-electron chi connectivity index (χ1n) is 11.3. The molecule has 0 saturated carbocycles. The van der Waals surface area contributed by atoms with Gasteiger partial charge >= 0.3 is 0 Å². The van der Waals surface area contributed by atoms with E-state index in [0.29, 0.717) is 5.92 Å². The van der Waals surface area contributed by atoms with Gasteiger partial charge in [0.15, 0.2) is 0 Å². The highest BCUT2D eigenvalue weighted by atomic mass is 15.2. The van der Waals surface area contributed by atoms with Gasteiger partial charge in [0.05, 0.1) is 11.6 Å². The zero-order chi connectivity index (χ0) is 21.7. The predicted octanol–water partition coefficient (Wildman–Crippen LogP) is 7.44. The number of anilines is 2. The highest BCUT2D eigenvalue weighted by Gasteiger charge is 2.45. The van der Waals surface area contributed by atoms with E-state index in [-0.39, 0.29) is 11.5 Å². The van der Waals surface area contributed by atoms with E-state index < -0.39 is 0 Å². The molecule has 4 aromatic rings. The van der Waals surface area contributed by atoms with Crippen LogP contribution in [0.2, 0.25) is 0 Å². The maximum Gasteiger partial charge on any atom is 0.0702 e. The molecule has 2 unspecified atom stereocenters. The van der Waals surface area contributed by atoms with Gasteiger partial charge < -0.3 is 4.90 Å². The number of hydrogen-bond donors (Lipinski definition) is 0. The Morgan fingerprint density at radius 1 is 0.781 bits per heavy atom. The van der Waals surface area contributed by atoms with Gasteiger partial charge in [0.25, 0.3) is 0 Å². The summed E-state index contributed by atoms with van der Waals surface area (Å²) in [6, 6.07) is 28.5. The fourth-order valence-electron chi connectivity index (χ4n) is 5.51. The van der Waals surface area contributed by atoms with Crippen molar-refractivity contribution in [1.29, 1.82) is 0 Å². The fourth-order valence-corrected chi connectivity index (χ4v) is 5.51. The van der Waals surface area contributed by atoms with Crippen LogP contribution in [0.25, 0.3) is 22.0 Å². The molecule has 0 amide bonds. The van der Waals surface area contributed by atoms with Crippen molar-refractivity contribution in [1.82, 2.24) is 4.98 Å². The van der Waals surface area contributed by atoms with Gasteiger partial charge in [-0.15, -0.1) is 0 Å². The third kappa shape index (κ3) is 2.83. The second kappa shape index (κ2) is 7.20. The first-order chi connectivity index (χ1) is 15.6. The zero-order valence-electron chi connectivity index (χ0n) is 18.4. The van der Waals surface area contributed by atoms with Gasteiger partial charge in [-0.25, -0.2) is 0 Å². The minimum absolute atomic E-state index is 0.0540. The van der Waals surface area contributed by atoms with Gasteiger partial charge in [0, 0.05) is 45.4 Å².